The van der Waals surface area contributed by atoms with Crippen molar-refractivity contribution in [2.75, 3.05) is 13.1 Å². The molecule has 0 amide bonds. The molecule has 0 saturated carbocycles. The van der Waals surface area contributed by atoms with E-state index in [0.717, 1.165) is 37.2 Å². The largest absolute Gasteiger partial charge is 0.338 e. The molecule has 0 bridgehead atoms. The molecule has 1 saturated heterocycles. The Labute approximate surface area is 112 Å². The first kappa shape index (κ1) is 12.3. The first-order chi connectivity index (χ1) is 9.17. The van der Waals surface area contributed by atoms with Crippen LogP contribution in [0, 0.1) is 6.92 Å². The van der Waals surface area contributed by atoms with Gasteiger partial charge in [-0.2, -0.15) is 4.98 Å². The van der Waals surface area contributed by atoms with Gasteiger partial charge >= 0.3 is 0 Å². The zero-order chi connectivity index (χ0) is 13.3. The van der Waals surface area contributed by atoms with Crippen molar-refractivity contribution in [3.05, 3.63) is 29.8 Å². The lowest BCUT2D eigenvalue weighted by molar-refractivity contribution is 0.245. The smallest absolute Gasteiger partial charge is 0.234 e. The van der Waals surface area contributed by atoms with E-state index in [1.54, 1.807) is 6.20 Å². The van der Waals surface area contributed by atoms with Crippen LogP contribution in [0.2, 0.25) is 0 Å². The second kappa shape index (κ2) is 4.74. The highest BCUT2D eigenvalue weighted by atomic mass is 16.5. The summed E-state index contributed by atoms with van der Waals surface area (Å²) >= 11 is 0. The predicted octanol–water partition coefficient (Wildman–Crippen LogP) is 2.08. The lowest BCUT2D eigenvalue weighted by atomic mass is 9.83. The van der Waals surface area contributed by atoms with Gasteiger partial charge in [-0.3, -0.25) is 4.98 Å². The van der Waals surface area contributed by atoms with Gasteiger partial charge in [-0.15, -0.1) is 0 Å². The van der Waals surface area contributed by atoms with Crippen LogP contribution in [-0.4, -0.2) is 28.2 Å². The lowest BCUT2D eigenvalue weighted by Crippen LogP contribution is -2.41. The third kappa shape index (κ3) is 2.38. The van der Waals surface area contributed by atoms with E-state index in [0.29, 0.717) is 11.7 Å². The van der Waals surface area contributed by atoms with E-state index in [1.165, 1.54) is 0 Å². The van der Waals surface area contributed by atoms with Gasteiger partial charge in [0.2, 0.25) is 11.7 Å². The molecule has 3 heterocycles. The number of piperidine rings is 1. The van der Waals surface area contributed by atoms with Crippen LogP contribution in [0.15, 0.2) is 22.9 Å². The minimum absolute atomic E-state index is 0.0622. The van der Waals surface area contributed by atoms with Crippen LogP contribution in [0.4, 0.5) is 0 Å². The molecule has 0 radical (unpaired) electrons. The van der Waals surface area contributed by atoms with E-state index in [9.17, 15) is 0 Å². The molecule has 1 atom stereocenters. The SMILES string of the molecule is Cc1ccnc(-c2noc(C3(C)CCCNC3)n2)c1. The van der Waals surface area contributed by atoms with Crippen molar-refractivity contribution >= 4 is 0 Å². The van der Waals surface area contributed by atoms with E-state index >= 15 is 0 Å². The number of pyridine rings is 1. The minimum atomic E-state index is -0.0622. The number of hydrogen-bond donors (Lipinski definition) is 1. The molecule has 1 unspecified atom stereocenters. The molecule has 5 heteroatoms. The Morgan fingerprint density at radius 2 is 2.32 bits per heavy atom. The third-order valence-corrected chi connectivity index (χ3v) is 3.68. The molecular formula is C14H18N4O. The zero-order valence-electron chi connectivity index (χ0n) is 11.3. The summed E-state index contributed by atoms with van der Waals surface area (Å²) < 4.78 is 5.46. The van der Waals surface area contributed by atoms with Crippen molar-refractivity contribution in [2.45, 2.75) is 32.1 Å². The zero-order valence-corrected chi connectivity index (χ0v) is 11.3. The highest BCUT2D eigenvalue weighted by Crippen LogP contribution is 2.30. The Morgan fingerprint density at radius 1 is 1.42 bits per heavy atom. The molecule has 2 aromatic rings. The monoisotopic (exact) mass is 258 g/mol. The Morgan fingerprint density at radius 3 is 3.05 bits per heavy atom. The molecule has 1 N–H and O–H groups in total. The summed E-state index contributed by atoms with van der Waals surface area (Å²) in [7, 11) is 0. The van der Waals surface area contributed by atoms with Gasteiger partial charge in [-0.25, -0.2) is 0 Å². The number of rotatable bonds is 2. The quantitative estimate of drug-likeness (QED) is 0.893. The van der Waals surface area contributed by atoms with Gasteiger partial charge in [-0.1, -0.05) is 5.16 Å². The number of nitrogens with zero attached hydrogens (tertiary/aromatic N) is 3. The van der Waals surface area contributed by atoms with E-state index < -0.39 is 0 Å². The third-order valence-electron chi connectivity index (χ3n) is 3.68. The van der Waals surface area contributed by atoms with E-state index in [1.807, 2.05) is 19.1 Å². The van der Waals surface area contributed by atoms with Crippen molar-refractivity contribution < 1.29 is 4.52 Å². The van der Waals surface area contributed by atoms with Crippen LogP contribution < -0.4 is 5.32 Å². The normalized spacial score (nSPS) is 23.5. The molecule has 2 aromatic heterocycles. The minimum Gasteiger partial charge on any atom is -0.338 e. The molecule has 1 aliphatic heterocycles. The summed E-state index contributed by atoms with van der Waals surface area (Å²) in [6.07, 6.45) is 3.98. The predicted molar refractivity (Wildman–Crippen MR) is 71.7 cm³/mol. The number of hydrogen-bond acceptors (Lipinski definition) is 5. The van der Waals surface area contributed by atoms with Crippen molar-refractivity contribution in [3.8, 4) is 11.5 Å². The van der Waals surface area contributed by atoms with Crippen LogP contribution in [0.3, 0.4) is 0 Å². The van der Waals surface area contributed by atoms with Crippen LogP contribution in [0.25, 0.3) is 11.5 Å². The van der Waals surface area contributed by atoms with Gasteiger partial charge < -0.3 is 9.84 Å². The average molecular weight is 258 g/mol. The van der Waals surface area contributed by atoms with E-state index in [2.05, 4.69) is 27.4 Å². The van der Waals surface area contributed by atoms with Gasteiger partial charge in [0, 0.05) is 12.7 Å². The summed E-state index contributed by atoms with van der Waals surface area (Å²) in [5.41, 5.74) is 1.84. The Kier molecular flexibility index (Phi) is 3.06. The summed E-state index contributed by atoms with van der Waals surface area (Å²) in [5, 5.41) is 7.46. The second-order valence-electron chi connectivity index (χ2n) is 5.48. The van der Waals surface area contributed by atoms with E-state index in [4.69, 9.17) is 4.52 Å². The maximum atomic E-state index is 5.46. The van der Waals surface area contributed by atoms with Crippen molar-refractivity contribution in [1.82, 2.24) is 20.4 Å². The van der Waals surface area contributed by atoms with Gasteiger partial charge in [0.15, 0.2) is 0 Å². The first-order valence-corrected chi connectivity index (χ1v) is 6.65. The van der Waals surface area contributed by atoms with Crippen molar-refractivity contribution in [2.24, 2.45) is 0 Å². The van der Waals surface area contributed by atoms with Crippen molar-refractivity contribution in [3.63, 3.8) is 0 Å². The highest BCUT2D eigenvalue weighted by molar-refractivity contribution is 5.49. The molecule has 19 heavy (non-hydrogen) atoms. The topological polar surface area (TPSA) is 63.8 Å². The number of aromatic nitrogens is 3. The van der Waals surface area contributed by atoms with Crippen molar-refractivity contribution in [1.29, 1.82) is 0 Å². The van der Waals surface area contributed by atoms with Gasteiger partial charge in [0.1, 0.15) is 5.69 Å². The molecule has 3 rings (SSSR count). The summed E-state index contributed by atoms with van der Waals surface area (Å²) in [6, 6.07) is 3.92. The standard InChI is InChI=1S/C14H18N4O/c1-10-4-7-16-11(8-10)12-17-13(19-18-12)14(2)5-3-6-15-9-14/h4,7-8,15H,3,5-6,9H2,1-2H3. The van der Waals surface area contributed by atoms with Gasteiger partial charge in [-0.05, 0) is 50.9 Å². The molecule has 0 aromatic carbocycles. The molecule has 100 valence electrons. The van der Waals surface area contributed by atoms with Crippen LogP contribution >= 0.6 is 0 Å². The average Bonchev–Trinajstić information content (AvgIpc) is 2.90. The van der Waals surface area contributed by atoms with Gasteiger partial charge in [0.25, 0.3) is 0 Å². The lowest BCUT2D eigenvalue weighted by Gasteiger charge is -2.30. The molecule has 0 aliphatic carbocycles. The van der Waals surface area contributed by atoms with Gasteiger partial charge in [0.05, 0.1) is 5.41 Å². The molecule has 1 aliphatic rings. The Hall–Kier alpha value is -1.75. The number of nitrogens with one attached hydrogen (secondary N) is 1. The van der Waals surface area contributed by atoms with Crippen LogP contribution in [0.1, 0.15) is 31.2 Å². The molecule has 0 spiro atoms. The summed E-state index contributed by atoms with van der Waals surface area (Å²) in [4.78, 5) is 8.83. The van der Waals surface area contributed by atoms with Crippen LogP contribution in [0.5, 0.6) is 0 Å². The first-order valence-electron chi connectivity index (χ1n) is 6.65. The fourth-order valence-corrected chi connectivity index (χ4v) is 2.47. The fraction of sp³-hybridized carbons (Fsp3) is 0.500. The summed E-state index contributed by atoms with van der Waals surface area (Å²) in [6.45, 7) is 6.14. The highest BCUT2D eigenvalue weighted by Gasteiger charge is 2.34. The number of aryl methyl sites for hydroxylation is 1. The molecule has 5 nitrogen and oxygen atoms in total. The molecular weight excluding hydrogens is 240 g/mol. The Bertz CT molecular complexity index is 572. The second-order valence-corrected chi connectivity index (χ2v) is 5.48. The maximum Gasteiger partial charge on any atom is 0.234 e. The summed E-state index contributed by atoms with van der Waals surface area (Å²) in [5.74, 6) is 1.28. The maximum absolute atomic E-state index is 5.46. The Balaban J connectivity index is 1.91. The molecule has 1 fully saturated rings. The van der Waals surface area contributed by atoms with Crippen LogP contribution in [-0.2, 0) is 5.41 Å². The van der Waals surface area contributed by atoms with E-state index in [-0.39, 0.29) is 5.41 Å². The fourth-order valence-electron chi connectivity index (χ4n) is 2.47.